The van der Waals surface area contributed by atoms with Crippen LogP contribution in [0.3, 0.4) is 0 Å². The number of nitrogens with zero attached hydrogens (tertiary/aromatic N) is 4. The molecule has 0 saturated heterocycles. The van der Waals surface area contributed by atoms with Gasteiger partial charge in [0, 0.05) is 11.5 Å². The number of carbonyl (C=O) groups excluding carboxylic acids is 1. The quantitative estimate of drug-likeness (QED) is 0.412. The van der Waals surface area contributed by atoms with E-state index in [-0.39, 0.29) is 16.6 Å². The van der Waals surface area contributed by atoms with E-state index in [9.17, 15) is 4.79 Å². The third kappa shape index (κ3) is 5.40. The zero-order chi connectivity index (χ0) is 25.2. The summed E-state index contributed by atoms with van der Waals surface area (Å²) in [5.41, 5.74) is 1.60. The Balaban J connectivity index is 1.68. The van der Waals surface area contributed by atoms with Gasteiger partial charge in [0.2, 0.25) is 5.89 Å². The predicted octanol–water partition coefficient (Wildman–Crippen LogP) is 5.62. The van der Waals surface area contributed by atoms with Crippen molar-refractivity contribution in [1.29, 1.82) is 0 Å². The molecule has 0 bridgehead atoms. The third-order valence-electron chi connectivity index (χ3n) is 5.30. The number of benzene rings is 2. The second-order valence-corrected chi connectivity index (χ2v) is 10.3. The molecule has 4 rings (SSSR count). The van der Waals surface area contributed by atoms with Gasteiger partial charge in [-0.05, 0) is 42.8 Å². The molecule has 0 N–H and O–H groups in total. The molecular formula is C26H28N4O4S. The molecule has 1 aliphatic heterocycles. The second-order valence-electron chi connectivity index (χ2n) is 9.01. The Kier molecular flexibility index (Phi) is 6.98. The Morgan fingerprint density at radius 1 is 1.06 bits per heavy atom. The minimum atomic E-state index is -0.232. The van der Waals surface area contributed by atoms with Gasteiger partial charge in [0.1, 0.15) is 17.2 Å². The topological polar surface area (TPSA) is 90.1 Å². The van der Waals surface area contributed by atoms with Crippen LogP contribution in [0.1, 0.15) is 50.2 Å². The number of rotatable bonds is 6. The van der Waals surface area contributed by atoms with Gasteiger partial charge in [-0.2, -0.15) is 4.98 Å². The fourth-order valence-electron chi connectivity index (χ4n) is 3.32. The molecular weight excluding hydrogens is 464 g/mol. The molecule has 0 aliphatic carbocycles. The average Bonchev–Trinajstić information content (AvgIpc) is 3.45. The Bertz CT molecular complexity index is 1280. The van der Waals surface area contributed by atoms with E-state index in [0.717, 1.165) is 11.3 Å². The highest BCUT2D eigenvalue weighted by Gasteiger charge is 2.34. The van der Waals surface area contributed by atoms with Crippen LogP contribution >= 0.6 is 11.8 Å². The largest absolute Gasteiger partial charge is 0.497 e. The first-order chi connectivity index (χ1) is 16.7. The van der Waals surface area contributed by atoms with Gasteiger partial charge in [-0.3, -0.25) is 9.69 Å². The van der Waals surface area contributed by atoms with Crippen molar-refractivity contribution in [3.8, 4) is 11.5 Å². The van der Waals surface area contributed by atoms with Crippen LogP contribution in [0.25, 0.3) is 6.08 Å². The number of aliphatic imine (C=N–C) groups is 1. The molecule has 35 heavy (non-hydrogen) atoms. The fourth-order valence-corrected chi connectivity index (χ4v) is 4.28. The van der Waals surface area contributed by atoms with Gasteiger partial charge in [-0.25, -0.2) is 4.99 Å². The lowest BCUT2D eigenvalue weighted by Crippen LogP contribution is -2.30. The maximum Gasteiger partial charge on any atom is 0.283 e. The fraction of sp³-hybridized carbons (Fsp3) is 0.308. The van der Waals surface area contributed by atoms with Crippen LogP contribution in [0.4, 0.5) is 5.69 Å². The molecule has 0 saturated carbocycles. The number of ether oxygens (including phenoxy) is 2. The molecule has 0 fully saturated rings. The zero-order valence-electron chi connectivity index (χ0n) is 20.6. The highest BCUT2D eigenvalue weighted by Crippen LogP contribution is 2.37. The first kappa shape index (κ1) is 24.5. The standard InChI is InChI=1S/C26H28N4O4S/c1-16(22-28-24(29-34-22)26(2,3)4)35-25-27-21(14-17-10-12-19(32-5)13-11-17)23(31)30(25)18-8-7-9-20(15-18)33-6/h7-16H,1-6H3/b21-14-. The van der Waals surface area contributed by atoms with Crippen LogP contribution in [0, 0.1) is 0 Å². The minimum Gasteiger partial charge on any atom is -0.497 e. The van der Waals surface area contributed by atoms with Crippen molar-refractivity contribution in [1.82, 2.24) is 10.1 Å². The molecule has 1 amide bonds. The molecule has 3 aromatic rings. The monoisotopic (exact) mass is 492 g/mol. The molecule has 1 aliphatic rings. The van der Waals surface area contributed by atoms with Crippen LogP contribution in [-0.2, 0) is 10.2 Å². The molecule has 1 atom stereocenters. The Morgan fingerprint density at radius 2 is 1.77 bits per heavy atom. The van der Waals surface area contributed by atoms with E-state index in [2.05, 4.69) is 10.1 Å². The van der Waals surface area contributed by atoms with Gasteiger partial charge in [0.15, 0.2) is 11.0 Å². The first-order valence-corrected chi connectivity index (χ1v) is 12.0. The van der Waals surface area contributed by atoms with E-state index in [1.54, 1.807) is 31.3 Å². The van der Waals surface area contributed by atoms with Gasteiger partial charge in [-0.15, -0.1) is 0 Å². The van der Waals surface area contributed by atoms with E-state index in [1.165, 1.54) is 11.8 Å². The van der Waals surface area contributed by atoms with Crippen molar-refractivity contribution < 1.29 is 18.8 Å². The summed E-state index contributed by atoms with van der Waals surface area (Å²) in [7, 11) is 3.21. The lowest BCUT2D eigenvalue weighted by atomic mass is 9.96. The second kappa shape index (κ2) is 9.95. The van der Waals surface area contributed by atoms with Crippen molar-refractivity contribution in [2.24, 2.45) is 4.99 Å². The van der Waals surface area contributed by atoms with Crippen molar-refractivity contribution in [3.63, 3.8) is 0 Å². The van der Waals surface area contributed by atoms with E-state index in [4.69, 9.17) is 19.0 Å². The average molecular weight is 493 g/mol. The van der Waals surface area contributed by atoms with Crippen LogP contribution in [0.2, 0.25) is 0 Å². The van der Waals surface area contributed by atoms with Gasteiger partial charge < -0.3 is 14.0 Å². The summed E-state index contributed by atoms with van der Waals surface area (Å²) < 4.78 is 16.1. The number of amidine groups is 1. The molecule has 1 aromatic heterocycles. The number of hydrogen-bond acceptors (Lipinski definition) is 8. The SMILES string of the molecule is COc1ccc(/C=C2\N=C(SC(C)c3nc(C(C)(C)C)no3)N(c3cccc(OC)c3)C2=O)cc1. The summed E-state index contributed by atoms with van der Waals surface area (Å²) in [6.07, 6.45) is 1.76. The maximum absolute atomic E-state index is 13.5. The van der Waals surface area contributed by atoms with Crippen molar-refractivity contribution in [3.05, 3.63) is 71.5 Å². The Hall–Kier alpha value is -3.59. The van der Waals surface area contributed by atoms with E-state index < -0.39 is 0 Å². The highest BCUT2D eigenvalue weighted by molar-refractivity contribution is 8.14. The zero-order valence-corrected chi connectivity index (χ0v) is 21.4. The lowest BCUT2D eigenvalue weighted by molar-refractivity contribution is -0.113. The Labute approximate surface area is 209 Å². The number of carbonyl (C=O) groups is 1. The summed E-state index contributed by atoms with van der Waals surface area (Å²) in [4.78, 5) is 24.4. The highest BCUT2D eigenvalue weighted by atomic mass is 32.2. The molecule has 0 radical (unpaired) electrons. The third-order valence-corrected chi connectivity index (χ3v) is 6.34. The Morgan fingerprint density at radius 3 is 2.40 bits per heavy atom. The normalized spacial score (nSPS) is 15.9. The summed E-state index contributed by atoms with van der Waals surface area (Å²) in [5.74, 6) is 2.27. The number of amides is 1. The molecule has 2 heterocycles. The number of hydrogen-bond donors (Lipinski definition) is 0. The number of thioether (sulfide) groups is 1. The van der Waals surface area contributed by atoms with Crippen molar-refractivity contribution >= 4 is 34.6 Å². The summed E-state index contributed by atoms with van der Waals surface area (Å²) in [5, 5.41) is 4.42. The number of methoxy groups -OCH3 is 2. The predicted molar refractivity (Wildman–Crippen MR) is 138 cm³/mol. The van der Waals surface area contributed by atoms with Crippen LogP contribution in [-0.4, -0.2) is 35.4 Å². The van der Waals surface area contributed by atoms with Crippen LogP contribution in [0.5, 0.6) is 11.5 Å². The number of anilines is 1. The van der Waals surface area contributed by atoms with Crippen molar-refractivity contribution in [2.75, 3.05) is 19.1 Å². The summed E-state index contributed by atoms with van der Waals surface area (Å²) >= 11 is 1.38. The number of aromatic nitrogens is 2. The molecule has 2 aromatic carbocycles. The van der Waals surface area contributed by atoms with Crippen molar-refractivity contribution in [2.45, 2.75) is 38.4 Å². The summed E-state index contributed by atoms with van der Waals surface area (Å²) in [6, 6.07) is 14.8. The molecule has 182 valence electrons. The van der Waals surface area contributed by atoms with E-state index in [1.807, 2.05) is 70.2 Å². The van der Waals surface area contributed by atoms with Gasteiger partial charge >= 0.3 is 0 Å². The van der Waals surface area contributed by atoms with Crippen LogP contribution < -0.4 is 14.4 Å². The maximum atomic E-state index is 13.5. The lowest BCUT2D eigenvalue weighted by Gasteiger charge is -2.19. The first-order valence-electron chi connectivity index (χ1n) is 11.1. The van der Waals surface area contributed by atoms with Gasteiger partial charge in [0.25, 0.3) is 5.91 Å². The minimum absolute atomic E-state index is 0.224. The van der Waals surface area contributed by atoms with Crippen LogP contribution in [0.15, 0.2) is 63.7 Å². The molecule has 1 unspecified atom stereocenters. The van der Waals surface area contributed by atoms with Gasteiger partial charge in [-0.1, -0.05) is 55.9 Å². The molecule has 8 nitrogen and oxygen atoms in total. The molecule has 0 spiro atoms. The summed E-state index contributed by atoms with van der Waals surface area (Å²) in [6.45, 7) is 8.03. The van der Waals surface area contributed by atoms with E-state index in [0.29, 0.717) is 34.0 Å². The molecule has 9 heteroatoms. The van der Waals surface area contributed by atoms with E-state index >= 15 is 0 Å². The smallest absolute Gasteiger partial charge is 0.283 e. The van der Waals surface area contributed by atoms with Gasteiger partial charge in [0.05, 0.1) is 25.2 Å².